The van der Waals surface area contributed by atoms with E-state index in [1.807, 2.05) is 28.8 Å². The van der Waals surface area contributed by atoms with E-state index in [0.717, 1.165) is 23.9 Å². The Kier molecular flexibility index (Phi) is 8.41. The van der Waals surface area contributed by atoms with Crippen LogP contribution in [0, 0.1) is 0 Å². The number of fused-ring (bicyclic) bond motifs is 3. The van der Waals surface area contributed by atoms with Crippen molar-refractivity contribution in [2.24, 2.45) is 0 Å². The largest absolute Gasteiger partial charge is 0.466 e. The maximum absolute atomic E-state index is 13.7. The highest BCUT2D eigenvalue weighted by Gasteiger charge is 2.42. The van der Waals surface area contributed by atoms with Crippen LogP contribution < -0.4 is 5.56 Å². The lowest BCUT2D eigenvalue weighted by Gasteiger charge is -2.52. The lowest BCUT2D eigenvalue weighted by atomic mass is 9.79. The average Bonchev–Trinajstić information content (AvgIpc) is 2.82. The minimum Gasteiger partial charge on any atom is -0.466 e. The summed E-state index contributed by atoms with van der Waals surface area (Å²) < 4.78 is 7.09. The first-order valence-electron chi connectivity index (χ1n) is 13.5. The van der Waals surface area contributed by atoms with Crippen molar-refractivity contribution in [3.63, 3.8) is 0 Å². The van der Waals surface area contributed by atoms with E-state index in [9.17, 15) is 9.59 Å². The van der Waals surface area contributed by atoms with Crippen LogP contribution in [0.4, 0.5) is 0 Å². The number of aromatic nitrogens is 2. The van der Waals surface area contributed by atoms with Gasteiger partial charge in [-0.2, -0.15) is 0 Å². The van der Waals surface area contributed by atoms with Crippen molar-refractivity contribution < 1.29 is 9.53 Å². The summed E-state index contributed by atoms with van der Waals surface area (Å²) in [5.41, 5.74) is 1.83. The second kappa shape index (κ2) is 11.5. The van der Waals surface area contributed by atoms with Crippen LogP contribution in [0.5, 0.6) is 0 Å². The second-order valence-electron chi connectivity index (χ2n) is 10.1. The Bertz CT molecular complexity index is 1020. The Balaban J connectivity index is 1.66. The van der Waals surface area contributed by atoms with E-state index in [0.29, 0.717) is 30.4 Å². The lowest BCUT2D eigenvalue weighted by Crippen LogP contribution is -2.57. The number of para-hydroxylation sites is 2. The van der Waals surface area contributed by atoms with Gasteiger partial charge in [0.25, 0.3) is 5.56 Å². The van der Waals surface area contributed by atoms with Crippen molar-refractivity contribution in [2.45, 2.75) is 116 Å². The Labute approximate surface area is 203 Å². The number of carbonyl (C=O) groups excluding carboxylic acids is 1. The first kappa shape index (κ1) is 24.9. The zero-order chi connectivity index (χ0) is 24.1. The monoisotopic (exact) mass is 467 g/mol. The molecule has 1 aromatic carbocycles. The predicted molar refractivity (Wildman–Crippen MR) is 136 cm³/mol. The summed E-state index contributed by atoms with van der Waals surface area (Å²) in [6, 6.07) is 9.69. The van der Waals surface area contributed by atoms with Crippen molar-refractivity contribution in [3.05, 3.63) is 40.3 Å². The molecule has 2 aliphatic heterocycles. The molecule has 3 atom stereocenters. The van der Waals surface area contributed by atoms with Crippen LogP contribution in [0.25, 0.3) is 11.0 Å². The Hall–Kier alpha value is -2.21. The van der Waals surface area contributed by atoms with Gasteiger partial charge in [-0.1, -0.05) is 51.7 Å². The van der Waals surface area contributed by atoms with Crippen LogP contribution in [0.3, 0.4) is 0 Å². The third-order valence-electron chi connectivity index (χ3n) is 7.88. The zero-order valence-corrected chi connectivity index (χ0v) is 21.2. The molecule has 6 heteroatoms. The van der Waals surface area contributed by atoms with Gasteiger partial charge in [0, 0.05) is 24.2 Å². The van der Waals surface area contributed by atoms with Gasteiger partial charge in [-0.25, -0.2) is 4.98 Å². The van der Waals surface area contributed by atoms with E-state index in [2.05, 4.69) is 23.7 Å². The molecule has 0 spiro atoms. The number of rotatable bonds is 10. The van der Waals surface area contributed by atoms with Gasteiger partial charge >= 0.3 is 5.97 Å². The topological polar surface area (TPSA) is 64.4 Å². The van der Waals surface area contributed by atoms with E-state index in [-0.39, 0.29) is 18.0 Å². The Morgan fingerprint density at radius 1 is 1.09 bits per heavy atom. The number of unbranched alkanes of at least 4 members (excludes halogenated alkanes) is 2. The van der Waals surface area contributed by atoms with E-state index < -0.39 is 5.97 Å². The van der Waals surface area contributed by atoms with Gasteiger partial charge in [0.15, 0.2) is 0 Å². The normalized spacial score (nSPS) is 23.7. The fourth-order valence-electron chi connectivity index (χ4n) is 6.42. The minimum atomic E-state index is -0.390. The fraction of sp³-hybridized carbons (Fsp3) is 0.679. The Morgan fingerprint density at radius 2 is 1.82 bits per heavy atom. The van der Waals surface area contributed by atoms with Gasteiger partial charge in [-0.15, -0.1) is 0 Å². The molecule has 2 fully saturated rings. The zero-order valence-electron chi connectivity index (χ0n) is 21.2. The molecule has 2 saturated heterocycles. The quantitative estimate of drug-likeness (QED) is 0.345. The molecule has 0 N–H and O–H groups in total. The highest BCUT2D eigenvalue weighted by molar-refractivity contribution is 5.77. The number of ether oxygens (including phenoxy) is 1. The summed E-state index contributed by atoms with van der Waals surface area (Å²) in [5, 5.41) is 0. The van der Waals surface area contributed by atoms with Crippen LogP contribution in [-0.4, -0.2) is 45.2 Å². The minimum absolute atomic E-state index is 0.0709. The molecular formula is C28H41N3O3. The van der Waals surface area contributed by atoms with Crippen LogP contribution in [-0.2, 0) is 16.0 Å². The maximum atomic E-state index is 13.7. The number of benzene rings is 1. The predicted octanol–water partition coefficient (Wildman–Crippen LogP) is 5.42. The van der Waals surface area contributed by atoms with Crippen molar-refractivity contribution in [2.75, 3.05) is 6.61 Å². The number of esters is 1. The summed E-state index contributed by atoms with van der Waals surface area (Å²) in [6.45, 7) is 6.69. The number of hydrogen-bond donors (Lipinski definition) is 0. The first-order valence-corrected chi connectivity index (χ1v) is 13.5. The molecule has 34 heavy (non-hydrogen) atoms. The summed E-state index contributed by atoms with van der Waals surface area (Å²) in [6.07, 6.45) is 12.0. The molecule has 186 valence electrons. The van der Waals surface area contributed by atoms with Gasteiger partial charge in [-0.05, 0) is 57.6 Å². The molecule has 2 aliphatic rings. The van der Waals surface area contributed by atoms with Gasteiger partial charge in [0.1, 0.15) is 5.69 Å². The van der Waals surface area contributed by atoms with Crippen LogP contribution in [0.15, 0.2) is 29.1 Å². The van der Waals surface area contributed by atoms with E-state index >= 15 is 0 Å². The van der Waals surface area contributed by atoms with E-state index in [4.69, 9.17) is 4.74 Å². The van der Waals surface area contributed by atoms with E-state index in [1.54, 1.807) is 6.92 Å². The number of hydrogen-bond acceptors (Lipinski definition) is 5. The molecule has 2 aromatic rings. The number of nitrogens with zero attached hydrogens (tertiary/aromatic N) is 3. The molecule has 0 aliphatic carbocycles. The molecule has 0 saturated carbocycles. The molecule has 3 unspecified atom stereocenters. The van der Waals surface area contributed by atoms with Crippen LogP contribution in [0.1, 0.15) is 96.7 Å². The molecule has 6 nitrogen and oxygen atoms in total. The van der Waals surface area contributed by atoms with Crippen molar-refractivity contribution >= 4 is 17.0 Å². The van der Waals surface area contributed by atoms with Gasteiger partial charge < -0.3 is 9.30 Å². The molecule has 2 bridgehead atoms. The fourth-order valence-corrected chi connectivity index (χ4v) is 6.42. The van der Waals surface area contributed by atoms with Gasteiger partial charge in [-0.3, -0.25) is 14.5 Å². The van der Waals surface area contributed by atoms with Crippen LogP contribution in [0.2, 0.25) is 0 Å². The summed E-state index contributed by atoms with van der Waals surface area (Å²) in [5.74, 6) is -0.390. The van der Waals surface area contributed by atoms with Crippen molar-refractivity contribution in [3.8, 4) is 0 Å². The molecule has 0 amide bonds. The van der Waals surface area contributed by atoms with Gasteiger partial charge in [0.05, 0.1) is 24.1 Å². The summed E-state index contributed by atoms with van der Waals surface area (Å²) in [4.78, 5) is 33.3. The van der Waals surface area contributed by atoms with Gasteiger partial charge in [0.2, 0.25) is 0 Å². The molecule has 3 heterocycles. The van der Waals surface area contributed by atoms with Crippen molar-refractivity contribution in [1.29, 1.82) is 0 Å². The number of carbonyl (C=O) groups is 1. The van der Waals surface area contributed by atoms with E-state index in [1.165, 1.54) is 51.4 Å². The average molecular weight is 468 g/mol. The highest BCUT2D eigenvalue weighted by atomic mass is 16.5. The second-order valence-corrected chi connectivity index (χ2v) is 10.1. The third-order valence-corrected chi connectivity index (χ3v) is 7.88. The smallest absolute Gasteiger partial charge is 0.312 e. The maximum Gasteiger partial charge on any atom is 0.312 e. The molecule has 4 rings (SSSR count). The van der Waals surface area contributed by atoms with Crippen LogP contribution >= 0.6 is 0 Å². The highest BCUT2D eigenvalue weighted by Crippen LogP contribution is 2.42. The third kappa shape index (κ3) is 5.22. The molecular weight excluding hydrogens is 426 g/mol. The van der Waals surface area contributed by atoms with Crippen molar-refractivity contribution in [1.82, 2.24) is 14.5 Å². The standard InChI is InChI=1S/C28H41N3O3/c1-4-7-8-12-20(5-2)30-21-13-11-14-22(30)18-23(17-21)31-26-16-10-9-15-24(26)29-25(28(31)33)19-27(32)34-6-3/h9-10,15-16,20-23H,4-8,11-14,17-19H2,1-3H3. The number of piperidine rings is 2. The first-order chi connectivity index (χ1) is 16.6. The SMILES string of the molecule is CCCCCC(CC)N1C2CCCC1CC(n1c(=O)c(CC(=O)OCC)nc3ccccc31)C2. The molecule has 1 aromatic heterocycles. The summed E-state index contributed by atoms with van der Waals surface area (Å²) >= 11 is 0. The lowest BCUT2D eigenvalue weighted by molar-refractivity contribution is -0.142. The molecule has 0 radical (unpaired) electrons. The summed E-state index contributed by atoms with van der Waals surface area (Å²) in [7, 11) is 0. The Morgan fingerprint density at radius 3 is 2.50 bits per heavy atom.